The van der Waals surface area contributed by atoms with Gasteiger partial charge in [0.1, 0.15) is 12.4 Å². The van der Waals surface area contributed by atoms with Crippen molar-refractivity contribution in [1.29, 1.82) is 0 Å². The van der Waals surface area contributed by atoms with Crippen LogP contribution in [0.3, 0.4) is 0 Å². The first-order valence-electron chi connectivity index (χ1n) is 14.0. The van der Waals surface area contributed by atoms with Gasteiger partial charge in [0.15, 0.2) is 5.78 Å². The minimum absolute atomic E-state index is 0.163. The Labute approximate surface area is 259 Å². The van der Waals surface area contributed by atoms with Crippen LogP contribution in [-0.4, -0.2) is 54.5 Å². The zero-order chi connectivity index (χ0) is 33.3. The van der Waals surface area contributed by atoms with Gasteiger partial charge in [0.05, 0.1) is 34.6 Å². The molecule has 0 unspecified atom stereocenters. The van der Waals surface area contributed by atoms with E-state index in [4.69, 9.17) is 9.84 Å². The van der Waals surface area contributed by atoms with E-state index in [9.17, 15) is 28.8 Å². The van der Waals surface area contributed by atoms with Crippen LogP contribution in [0.4, 0.5) is 0 Å². The number of benzene rings is 3. The molecule has 0 aliphatic heterocycles. The van der Waals surface area contributed by atoms with Crippen LogP contribution in [0.15, 0.2) is 115 Å². The maximum Gasteiger partial charge on any atom is 0.270 e. The van der Waals surface area contributed by atoms with E-state index in [1.165, 1.54) is 18.3 Å². The third-order valence-electron chi connectivity index (χ3n) is 5.97. The number of ether oxygens (including phenoxy) is 1. The highest BCUT2D eigenvalue weighted by Gasteiger charge is 2.03. The Morgan fingerprint density at radius 2 is 1.28 bits per heavy atom. The quantitative estimate of drug-likeness (QED) is 0.117. The van der Waals surface area contributed by atoms with Crippen LogP contribution < -0.4 is 32.5 Å². The van der Waals surface area contributed by atoms with Crippen LogP contribution in [0.25, 0.3) is 21.8 Å². The van der Waals surface area contributed by atoms with Crippen molar-refractivity contribution >= 4 is 27.6 Å². The van der Waals surface area contributed by atoms with E-state index in [1.807, 2.05) is 24.3 Å². The number of rotatable bonds is 6. The lowest BCUT2D eigenvalue weighted by Crippen LogP contribution is -2.18. The normalized spacial score (nSPS) is 9.96. The van der Waals surface area contributed by atoms with Crippen molar-refractivity contribution < 1.29 is 14.6 Å². The Bertz CT molecular complexity index is 2050. The third-order valence-corrected chi connectivity index (χ3v) is 5.97. The largest absolute Gasteiger partial charge is 0.494 e. The summed E-state index contributed by atoms with van der Waals surface area (Å²) in [6.07, 6.45) is 3.40. The van der Waals surface area contributed by atoms with Gasteiger partial charge in [-0.25, -0.2) is 4.98 Å². The zero-order valence-electron chi connectivity index (χ0n) is 24.7. The Morgan fingerprint density at radius 3 is 1.83 bits per heavy atom. The molecule has 0 spiro atoms. The molecule has 238 valence electrons. The van der Waals surface area contributed by atoms with E-state index in [0.717, 1.165) is 29.6 Å². The first-order valence-corrected chi connectivity index (χ1v) is 14.0. The number of unbranched alkanes of at least 4 members (excludes halogenated alkanes) is 1. The molecular formula is C32H32N6O8. The van der Waals surface area contributed by atoms with Gasteiger partial charge in [-0.05, 0) is 55.0 Å². The topological polar surface area (TPSA) is 224 Å². The van der Waals surface area contributed by atoms with Crippen LogP contribution in [0.2, 0.25) is 0 Å². The maximum absolute atomic E-state index is 11.1. The molecule has 6 aromatic rings. The molecule has 3 aromatic heterocycles. The smallest absolute Gasteiger partial charge is 0.270 e. The molecule has 6 N–H and O–H groups in total. The number of nitrogens with one attached hydrogen (secondary N) is 5. The van der Waals surface area contributed by atoms with E-state index in [-0.39, 0.29) is 33.6 Å². The second-order valence-corrected chi connectivity index (χ2v) is 9.34. The SMILES string of the molecule is CCCCOc1ccc(C(=O)CO)cc1.O=c1[nH][nH]c(=O)c2ccccc12.O=c1ccc(=O)[nH][nH]1.O=c1cnc2ccccc2[nH]1. The van der Waals surface area contributed by atoms with Crippen LogP contribution in [0.5, 0.6) is 5.75 Å². The van der Waals surface area contributed by atoms with E-state index < -0.39 is 6.61 Å². The lowest BCUT2D eigenvalue weighted by molar-refractivity contribution is 0.0903. The van der Waals surface area contributed by atoms with Crippen molar-refractivity contribution in [3.63, 3.8) is 0 Å². The Balaban J connectivity index is 0.000000170. The van der Waals surface area contributed by atoms with E-state index >= 15 is 0 Å². The van der Waals surface area contributed by atoms with Gasteiger partial charge < -0.3 is 14.8 Å². The van der Waals surface area contributed by atoms with Crippen molar-refractivity contribution in [2.75, 3.05) is 13.2 Å². The van der Waals surface area contributed by atoms with Crippen molar-refractivity contribution in [2.45, 2.75) is 19.8 Å². The summed E-state index contributed by atoms with van der Waals surface area (Å²) in [6.45, 7) is 2.35. The second-order valence-electron chi connectivity index (χ2n) is 9.34. The van der Waals surface area contributed by atoms with E-state index in [0.29, 0.717) is 22.9 Å². The summed E-state index contributed by atoms with van der Waals surface area (Å²) in [4.78, 5) is 71.1. The first kappa shape index (κ1) is 34.3. The number of ketones is 1. The molecule has 0 bridgehead atoms. The molecule has 0 saturated heterocycles. The molecule has 0 radical (unpaired) electrons. The number of carbonyl (C=O) groups excluding carboxylic acids is 1. The van der Waals surface area contributed by atoms with Crippen molar-refractivity contribution in [2.24, 2.45) is 0 Å². The molecule has 46 heavy (non-hydrogen) atoms. The lowest BCUT2D eigenvalue weighted by Gasteiger charge is -2.05. The standard InChI is InChI=1S/C12H16O3.C8H6N2O2.C8H6N2O.C4H4N2O2/c1-2-3-8-15-11-6-4-10(5-7-11)12(14)9-13;11-7-5-3-1-2-4-6(5)8(12)10-9-7;11-8-5-9-6-3-1-2-4-7(6)10-8;7-3-1-2-4(8)6-5-3/h4-7,13H,2-3,8-9H2,1H3;1-4H,(H,9,11)(H,10,12);1-5H,(H,10,11);1-2H,(H,5,7)(H,6,8). The summed E-state index contributed by atoms with van der Waals surface area (Å²) in [7, 11) is 0. The minimum atomic E-state index is -0.448. The number of aliphatic hydroxyl groups excluding tert-OH is 1. The molecule has 0 aliphatic carbocycles. The summed E-state index contributed by atoms with van der Waals surface area (Å²) in [5.41, 5.74) is 0.792. The second kappa shape index (κ2) is 17.8. The molecule has 0 saturated carbocycles. The summed E-state index contributed by atoms with van der Waals surface area (Å²) in [5, 5.41) is 18.2. The molecule has 3 heterocycles. The number of para-hydroxylation sites is 2. The number of aliphatic hydroxyl groups is 1. The summed E-state index contributed by atoms with van der Waals surface area (Å²) in [6, 6.07) is 23.2. The summed E-state index contributed by atoms with van der Waals surface area (Å²) >= 11 is 0. The Hall–Kier alpha value is -6.15. The monoisotopic (exact) mass is 628 g/mol. The fraction of sp³-hybridized carbons (Fsp3) is 0.156. The summed E-state index contributed by atoms with van der Waals surface area (Å²) in [5.74, 6) is 0.494. The molecule has 0 atom stereocenters. The van der Waals surface area contributed by atoms with Crippen LogP contribution >= 0.6 is 0 Å². The van der Waals surface area contributed by atoms with Gasteiger partial charge in [0, 0.05) is 17.7 Å². The molecule has 3 aromatic carbocycles. The average Bonchev–Trinajstić information content (AvgIpc) is 3.09. The molecule has 14 heteroatoms. The number of hydrogen-bond donors (Lipinski definition) is 6. The first-order chi connectivity index (χ1) is 22.2. The number of aromatic amines is 5. The highest BCUT2D eigenvalue weighted by Crippen LogP contribution is 2.13. The fourth-order valence-corrected chi connectivity index (χ4v) is 3.63. The molecular weight excluding hydrogens is 596 g/mol. The number of Topliss-reactive ketones (excluding diaryl/α,β-unsaturated/α-hetero) is 1. The van der Waals surface area contributed by atoms with Crippen molar-refractivity contribution in [1.82, 2.24) is 30.4 Å². The van der Waals surface area contributed by atoms with Gasteiger partial charge in [0.25, 0.3) is 27.8 Å². The third kappa shape index (κ3) is 10.8. The molecule has 0 fully saturated rings. The maximum atomic E-state index is 11.1. The predicted octanol–water partition coefficient (Wildman–Crippen LogP) is 2.24. The van der Waals surface area contributed by atoms with E-state index in [1.54, 1.807) is 48.5 Å². The van der Waals surface area contributed by atoms with Crippen molar-refractivity contribution in [3.05, 3.63) is 148 Å². The predicted molar refractivity (Wildman–Crippen MR) is 173 cm³/mol. The van der Waals surface area contributed by atoms with Gasteiger partial charge in [-0.2, -0.15) is 0 Å². The molecule has 0 aliphatic rings. The lowest BCUT2D eigenvalue weighted by atomic mass is 10.1. The number of H-pyrrole nitrogens is 5. The number of aromatic nitrogens is 6. The average molecular weight is 629 g/mol. The fourth-order valence-electron chi connectivity index (χ4n) is 3.63. The van der Waals surface area contributed by atoms with Crippen LogP contribution in [0, 0.1) is 0 Å². The van der Waals surface area contributed by atoms with Crippen LogP contribution in [0.1, 0.15) is 30.1 Å². The zero-order valence-corrected chi connectivity index (χ0v) is 24.7. The molecule has 14 nitrogen and oxygen atoms in total. The van der Waals surface area contributed by atoms with Crippen molar-refractivity contribution in [3.8, 4) is 5.75 Å². The molecule has 0 amide bonds. The highest BCUT2D eigenvalue weighted by molar-refractivity contribution is 5.96. The van der Waals surface area contributed by atoms with Gasteiger partial charge in [-0.3, -0.25) is 49.2 Å². The van der Waals surface area contributed by atoms with Gasteiger partial charge >= 0.3 is 0 Å². The number of hydrogen-bond acceptors (Lipinski definition) is 9. The number of nitrogens with zero attached hydrogens (tertiary/aromatic N) is 1. The van der Waals surface area contributed by atoms with Crippen LogP contribution in [-0.2, 0) is 0 Å². The minimum Gasteiger partial charge on any atom is -0.494 e. The Morgan fingerprint density at radius 1 is 0.717 bits per heavy atom. The number of carbonyl (C=O) groups is 1. The van der Waals surface area contributed by atoms with E-state index in [2.05, 4.69) is 37.3 Å². The summed E-state index contributed by atoms with van der Waals surface area (Å²) < 4.78 is 5.44. The van der Waals surface area contributed by atoms with Gasteiger partial charge in [0.2, 0.25) is 0 Å². The van der Waals surface area contributed by atoms with Gasteiger partial charge in [-0.1, -0.05) is 37.6 Å². The highest BCUT2D eigenvalue weighted by atomic mass is 16.5. The Kier molecular flexibility index (Phi) is 13.3. The van der Waals surface area contributed by atoms with Gasteiger partial charge in [-0.15, -0.1) is 0 Å². The number of fused-ring (bicyclic) bond motifs is 2. The molecule has 6 rings (SSSR count).